The average Bonchev–Trinajstić information content (AvgIpc) is 3.40. The molecule has 0 radical (unpaired) electrons. The van der Waals surface area contributed by atoms with Crippen molar-refractivity contribution >= 4 is 17.9 Å². The molecule has 1 atom stereocenters. The van der Waals surface area contributed by atoms with Crippen LogP contribution in [0.3, 0.4) is 0 Å². The molecule has 0 aliphatic carbocycles. The minimum Gasteiger partial charge on any atom is -0.462 e. The summed E-state index contributed by atoms with van der Waals surface area (Å²) in [7, 11) is 0. The van der Waals surface area contributed by atoms with E-state index in [2.05, 4.69) is 20.8 Å². The average molecular weight is 1050 g/mol. The number of unbranched alkanes of at least 4 members (excludes halogenated alkanes) is 53. The van der Waals surface area contributed by atoms with Gasteiger partial charge in [0.15, 0.2) is 6.10 Å². The monoisotopic (exact) mass is 1050 g/mol. The van der Waals surface area contributed by atoms with Crippen molar-refractivity contribution in [3.8, 4) is 0 Å². The van der Waals surface area contributed by atoms with Crippen molar-refractivity contribution in [1.82, 2.24) is 0 Å². The number of hydrogen-bond acceptors (Lipinski definition) is 6. The van der Waals surface area contributed by atoms with Gasteiger partial charge in [-0.2, -0.15) is 0 Å². The van der Waals surface area contributed by atoms with Crippen LogP contribution in [0.2, 0.25) is 0 Å². The maximum absolute atomic E-state index is 12.9. The minimum absolute atomic E-state index is 0.0606. The summed E-state index contributed by atoms with van der Waals surface area (Å²) in [6, 6.07) is 0. The first kappa shape index (κ1) is 72.4. The molecule has 0 N–H and O–H groups in total. The lowest BCUT2D eigenvalue weighted by Crippen LogP contribution is -2.30. The lowest BCUT2D eigenvalue weighted by Gasteiger charge is -2.18. The molecule has 6 nitrogen and oxygen atoms in total. The van der Waals surface area contributed by atoms with E-state index in [9.17, 15) is 14.4 Å². The molecular weight excluding hydrogens is 913 g/mol. The van der Waals surface area contributed by atoms with Gasteiger partial charge in [-0.25, -0.2) is 0 Å². The number of esters is 3. The highest BCUT2D eigenvalue weighted by Crippen LogP contribution is 2.19. The molecule has 0 saturated heterocycles. The van der Waals surface area contributed by atoms with Gasteiger partial charge in [0.2, 0.25) is 0 Å². The number of ether oxygens (including phenoxy) is 3. The summed E-state index contributed by atoms with van der Waals surface area (Å²) >= 11 is 0. The second-order valence-corrected chi connectivity index (χ2v) is 23.5. The van der Waals surface area contributed by atoms with Gasteiger partial charge in [-0.3, -0.25) is 14.4 Å². The summed E-state index contributed by atoms with van der Waals surface area (Å²) in [5, 5.41) is 0. The third-order valence-corrected chi connectivity index (χ3v) is 15.9. The van der Waals surface area contributed by atoms with Crippen molar-refractivity contribution in [2.24, 2.45) is 0 Å². The van der Waals surface area contributed by atoms with Crippen LogP contribution in [0.5, 0.6) is 0 Å². The zero-order valence-corrected chi connectivity index (χ0v) is 50.7. The molecule has 0 rings (SSSR count). The van der Waals surface area contributed by atoms with Gasteiger partial charge in [-0.15, -0.1) is 0 Å². The van der Waals surface area contributed by atoms with Crippen molar-refractivity contribution in [2.75, 3.05) is 13.2 Å². The molecule has 0 saturated carbocycles. The van der Waals surface area contributed by atoms with Crippen molar-refractivity contribution in [3.63, 3.8) is 0 Å². The molecule has 440 valence electrons. The van der Waals surface area contributed by atoms with E-state index in [4.69, 9.17) is 14.2 Å². The van der Waals surface area contributed by atoms with Gasteiger partial charge < -0.3 is 14.2 Å². The maximum Gasteiger partial charge on any atom is 0.306 e. The summed E-state index contributed by atoms with van der Waals surface area (Å²) in [6.45, 7) is 6.73. The Hall–Kier alpha value is -1.59. The molecule has 0 spiro atoms. The highest BCUT2D eigenvalue weighted by atomic mass is 16.6. The van der Waals surface area contributed by atoms with Gasteiger partial charge in [0.05, 0.1) is 0 Å². The second-order valence-electron chi connectivity index (χ2n) is 23.5. The predicted octanol–water partition coefficient (Wildman–Crippen LogP) is 23.1. The fraction of sp³-hybridized carbons (Fsp3) is 0.956. The maximum atomic E-state index is 12.9. The molecule has 0 fully saturated rings. The van der Waals surface area contributed by atoms with Crippen LogP contribution in [0.25, 0.3) is 0 Å². The summed E-state index contributed by atoms with van der Waals surface area (Å²) in [6.07, 6.45) is 74.2. The van der Waals surface area contributed by atoms with Crippen molar-refractivity contribution in [2.45, 2.75) is 406 Å². The molecule has 0 aromatic rings. The van der Waals surface area contributed by atoms with Crippen LogP contribution in [0.1, 0.15) is 400 Å². The van der Waals surface area contributed by atoms with E-state index in [-0.39, 0.29) is 31.1 Å². The fourth-order valence-electron chi connectivity index (χ4n) is 10.7. The Kier molecular flexibility index (Phi) is 62.6. The first-order chi connectivity index (χ1) is 36.5. The summed E-state index contributed by atoms with van der Waals surface area (Å²) < 4.78 is 17.0. The lowest BCUT2D eigenvalue weighted by molar-refractivity contribution is -0.167. The van der Waals surface area contributed by atoms with Crippen LogP contribution < -0.4 is 0 Å². The SMILES string of the molecule is CCCCCCCCCCCCCCCCCCCCCCCCCCCCCCC(=O)OCC(COC(=O)CCCCCCCCCCCCCC)OC(=O)CCCCCCCCCCCCCCCCCC. The van der Waals surface area contributed by atoms with E-state index in [1.807, 2.05) is 0 Å². The van der Waals surface area contributed by atoms with Gasteiger partial charge in [0, 0.05) is 19.3 Å². The standard InChI is InChI=1S/C68H132O6/c1-4-7-10-13-16-19-22-25-27-29-30-31-32-33-34-35-36-37-38-39-40-42-43-46-49-52-55-58-61-67(70)73-64-65(63-72-66(69)60-57-54-51-48-45-24-21-18-15-12-9-6-3)74-68(71)62-59-56-53-50-47-44-41-28-26-23-20-17-14-11-8-5-2/h65H,4-64H2,1-3H3. The largest absolute Gasteiger partial charge is 0.462 e. The van der Waals surface area contributed by atoms with Crippen LogP contribution in [0, 0.1) is 0 Å². The van der Waals surface area contributed by atoms with Gasteiger partial charge in [-0.05, 0) is 19.3 Å². The fourth-order valence-corrected chi connectivity index (χ4v) is 10.7. The van der Waals surface area contributed by atoms with Crippen LogP contribution >= 0.6 is 0 Å². The molecule has 74 heavy (non-hydrogen) atoms. The summed E-state index contributed by atoms with van der Waals surface area (Å²) in [4.78, 5) is 38.3. The Balaban J connectivity index is 4.11. The van der Waals surface area contributed by atoms with Gasteiger partial charge in [0.25, 0.3) is 0 Å². The Morgan fingerprint density at radius 2 is 0.365 bits per heavy atom. The van der Waals surface area contributed by atoms with E-state index >= 15 is 0 Å². The van der Waals surface area contributed by atoms with Crippen LogP contribution in [0.4, 0.5) is 0 Å². The first-order valence-corrected chi connectivity index (χ1v) is 34.0. The molecular formula is C68H132O6. The molecule has 1 unspecified atom stereocenters. The zero-order chi connectivity index (χ0) is 53.6. The topological polar surface area (TPSA) is 78.9 Å². The second kappa shape index (κ2) is 63.9. The van der Waals surface area contributed by atoms with Gasteiger partial charge >= 0.3 is 17.9 Å². The van der Waals surface area contributed by atoms with Crippen molar-refractivity contribution in [3.05, 3.63) is 0 Å². The van der Waals surface area contributed by atoms with E-state index in [1.165, 1.54) is 302 Å². The molecule has 0 aromatic heterocycles. The number of carbonyl (C=O) groups is 3. The highest BCUT2D eigenvalue weighted by molar-refractivity contribution is 5.71. The Morgan fingerprint density at radius 3 is 0.541 bits per heavy atom. The van der Waals surface area contributed by atoms with E-state index in [0.717, 1.165) is 57.8 Å². The normalized spacial score (nSPS) is 11.9. The van der Waals surface area contributed by atoms with Gasteiger partial charge in [0.1, 0.15) is 13.2 Å². The van der Waals surface area contributed by atoms with E-state index in [0.29, 0.717) is 19.3 Å². The minimum atomic E-state index is -0.762. The molecule has 0 amide bonds. The predicted molar refractivity (Wildman–Crippen MR) is 321 cm³/mol. The van der Waals surface area contributed by atoms with Crippen molar-refractivity contribution < 1.29 is 28.6 Å². The third-order valence-electron chi connectivity index (χ3n) is 15.9. The quantitative estimate of drug-likeness (QED) is 0.0343. The van der Waals surface area contributed by atoms with Gasteiger partial charge in [-0.1, -0.05) is 361 Å². The lowest BCUT2D eigenvalue weighted by atomic mass is 10.0. The third kappa shape index (κ3) is 61.3. The molecule has 0 aliphatic heterocycles. The van der Waals surface area contributed by atoms with Crippen LogP contribution in [0.15, 0.2) is 0 Å². The van der Waals surface area contributed by atoms with E-state index < -0.39 is 6.10 Å². The van der Waals surface area contributed by atoms with E-state index in [1.54, 1.807) is 0 Å². The highest BCUT2D eigenvalue weighted by Gasteiger charge is 2.19. The van der Waals surface area contributed by atoms with Crippen LogP contribution in [-0.2, 0) is 28.6 Å². The smallest absolute Gasteiger partial charge is 0.306 e. The Bertz CT molecular complexity index is 1110. The first-order valence-electron chi connectivity index (χ1n) is 34.0. The number of rotatable bonds is 64. The molecule has 6 heteroatoms. The molecule has 0 aliphatic rings. The summed E-state index contributed by atoms with van der Waals surface area (Å²) in [5.41, 5.74) is 0. The van der Waals surface area contributed by atoms with Crippen LogP contribution in [-0.4, -0.2) is 37.2 Å². The molecule has 0 aromatic carbocycles. The Morgan fingerprint density at radius 1 is 0.216 bits per heavy atom. The zero-order valence-electron chi connectivity index (χ0n) is 50.7. The number of hydrogen-bond donors (Lipinski definition) is 0. The summed E-state index contributed by atoms with van der Waals surface area (Å²) in [5.74, 6) is -0.825. The molecule has 0 heterocycles. The number of carbonyl (C=O) groups excluding carboxylic acids is 3. The Labute approximate surface area is 463 Å². The molecule has 0 bridgehead atoms. The van der Waals surface area contributed by atoms with Crippen molar-refractivity contribution in [1.29, 1.82) is 0 Å².